The molecular formula is C16H27N3O2. The molecule has 0 saturated carbocycles. The van der Waals surface area contributed by atoms with Gasteiger partial charge in [0.15, 0.2) is 5.75 Å². The van der Waals surface area contributed by atoms with Gasteiger partial charge in [-0.3, -0.25) is 14.4 Å². The lowest BCUT2D eigenvalue weighted by molar-refractivity contribution is 0.0565. The zero-order valence-electron chi connectivity index (χ0n) is 13.7. The van der Waals surface area contributed by atoms with Gasteiger partial charge >= 0.3 is 0 Å². The van der Waals surface area contributed by atoms with Gasteiger partial charge in [-0.2, -0.15) is 5.10 Å². The summed E-state index contributed by atoms with van der Waals surface area (Å²) in [6.45, 7) is 8.83. The summed E-state index contributed by atoms with van der Waals surface area (Å²) >= 11 is 0. The number of methoxy groups -OCH3 is 1. The van der Waals surface area contributed by atoms with Gasteiger partial charge in [-0.05, 0) is 46.2 Å². The van der Waals surface area contributed by atoms with Gasteiger partial charge in [-0.25, -0.2) is 0 Å². The van der Waals surface area contributed by atoms with Crippen molar-refractivity contribution in [1.82, 2.24) is 14.7 Å². The number of carbonyl (C=O) groups excluding carboxylic acids is 1. The van der Waals surface area contributed by atoms with Crippen LogP contribution in [-0.4, -0.2) is 46.2 Å². The van der Waals surface area contributed by atoms with Crippen LogP contribution in [0.2, 0.25) is 0 Å². The second-order valence-electron chi connectivity index (χ2n) is 6.22. The molecule has 1 aliphatic heterocycles. The number of rotatable bonds is 6. The molecule has 0 aliphatic carbocycles. The van der Waals surface area contributed by atoms with E-state index in [1.165, 1.54) is 19.3 Å². The van der Waals surface area contributed by atoms with Crippen molar-refractivity contribution in [3.63, 3.8) is 0 Å². The van der Waals surface area contributed by atoms with E-state index in [2.05, 4.69) is 16.9 Å². The molecule has 1 aromatic heterocycles. The lowest BCUT2D eigenvalue weighted by Crippen LogP contribution is -2.52. The normalized spacial score (nSPS) is 17.0. The third-order valence-corrected chi connectivity index (χ3v) is 4.38. The smallest absolute Gasteiger partial charge is 0.204 e. The Bertz CT molecular complexity index is 488. The molecule has 5 nitrogen and oxygen atoms in total. The van der Waals surface area contributed by atoms with E-state index >= 15 is 0 Å². The van der Waals surface area contributed by atoms with Crippen molar-refractivity contribution < 1.29 is 9.53 Å². The van der Waals surface area contributed by atoms with Crippen LogP contribution < -0.4 is 4.74 Å². The summed E-state index contributed by atoms with van der Waals surface area (Å²) in [5.41, 5.74) is 0.0918. The molecule has 0 amide bonds. The molecule has 0 radical (unpaired) electrons. The molecule has 5 heteroatoms. The largest absolute Gasteiger partial charge is 0.493 e. The van der Waals surface area contributed by atoms with E-state index in [9.17, 15) is 4.79 Å². The number of Topliss-reactive ketones (excluding diaryl/α,β-unsaturated/α-hetero) is 1. The molecule has 21 heavy (non-hydrogen) atoms. The van der Waals surface area contributed by atoms with Crippen LogP contribution in [0.15, 0.2) is 6.20 Å². The summed E-state index contributed by atoms with van der Waals surface area (Å²) in [5.74, 6) is 0.686. The fourth-order valence-electron chi connectivity index (χ4n) is 3.01. The highest BCUT2D eigenvalue weighted by Gasteiger charge is 2.38. The van der Waals surface area contributed by atoms with Crippen LogP contribution in [-0.2, 0) is 6.54 Å². The van der Waals surface area contributed by atoms with E-state index in [0.29, 0.717) is 11.4 Å². The van der Waals surface area contributed by atoms with Gasteiger partial charge < -0.3 is 4.74 Å². The quantitative estimate of drug-likeness (QED) is 0.757. The lowest BCUT2D eigenvalue weighted by atomic mass is 9.91. The summed E-state index contributed by atoms with van der Waals surface area (Å²) in [4.78, 5) is 15.4. The molecule has 0 aromatic carbocycles. The molecule has 1 saturated heterocycles. The number of hydrogen-bond acceptors (Lipinski definition) is 4. The highest BCUT2D eigenvalue weighted by Crippen LogP contribution is 2.28. The van der Waals surface area contributed by atoms with Crippen LogP contribution in [0.25, 0.3) is 0 Å². The first-order valence-electron chi connectivity index (χ1n) is 7.92. The fourth-order valence-corrected chi connectivity index (χ4v) is 3.01. The molecule has 0 N–H and O–H groups in total. The number of likely N-dealkylation sites (tertiary alicyclic amines) is 1. The summed E-state index contributed by atoms with van der Waals surface area (Å²) in [5, 5.41) is 4.31. The Morgan fingerprint density at radius 1 is 1.33 bits per heavy atom. The lowest BCUT2D eigenvalue weighted by Gasteiger charge is -2.39. The van der Waals surface area contributed by atoms with Gasteiger partial charge in [0.05, 0.1) is 18.8 Å². The van der Waals surface area contributed by atoms with Crippen LogP contribution >= 0.6 is 0 Å². The molecule has 0 unspecified atom stereocenters. The topological polar surface area (TPSA) is 47.4 Å². The van der Waals surface area contributed by atoms with Crippen molar-refractivity contribution in [2.45, 2.75) is 58.5 Å². The monoisotopic (exact) mass is 293 g/mol. The molecule has 1 fully saturated rings. The Balaban J connectivity index is 2.31. The Morgan fingerprint density at radius 2 is 2.00 bits per heavy atom. The molecule has 2 rings (SSSR count). The van der Waals surface area contributed by atoms with E-state index in [4.69, 9.17) is 4.74 Å². The fraction of sp³-hybridized carbons (Fsp3) is 0.750. The summed E-state index contributed by atoms with van der Waals surface area (Å²) in [7, 11) is 1.60. The first-order chi connectivity index (χ1) is 10.0. The second-order valence-corrected chi connectivity index (χ2v) is 6.22. The van der Waals surface area contributed by atoms with Crippen LogP contribution in [0.3, 0.4) is 0 Å². The van der Waals surface area contributed by atoms with E-state index in [0.717, 1.165) is 26.1 Å². The minimum absolute atomic E-state index is 0.104. The maximum Gasteiger partial charge on any atom is 0.204 e. The molecule has 0 bridgehead atoms. The molecule has 2 heterocycles. The molecule has 0 spiro atoms. The number of aromatic nitrogens is 2. The van der Waals surface area contributed by atoms with Crippen LogP contribution in [0, 0.1) is 0 Å². The number of hydrogen-bond donors (Lipinski definition) is 0. The molecule has 118 valence electrons. The molecular weight excluding hydrogens is 266 g/mol. The highest BCUT2D eigenvalue weighted by atomic mass is 16.5. The predicted molar refractivity (Wildman–Crippen MR) is 82.9 cm³/mol. The number of ketones is 1. The van der Waals surface area contributed by atoms with E-state index in [1.54, 1.807) is 18.0 Å². The summed E-state index contributed by atoms with van der Waals surface area (Å²) in [6.07, 6.45) is 6.19. The van der Waals surface area contributed by atoms with Crippen molar-refractivity contribution in [2.24, 2.45) is 0 Å². The number of nitrogens with zero attached hydrogens (tertiary/aromatic N) is 3. The number of piperidine rings is 1. The van der Waals surface area contributed by atoms with E-state index < -0.39 is 5.54 Å². The van der Waals surface area contributed by atoms with Crippen molar-refractivity contribution in [2.75, 3.05) is 20.2 Å². The zero-order valence-corrected chi connectivity index (χ0v) is 13.7. The first-order valence-corrected chi connectivity index (χ1v) is 7.92. The summed E-state index contributed by atoms with van der Waals surface area (Å²) < 4.78 is 7.14. The van der Waals surface area contributed by atoms with Gasteiger partial charge in [0.1, 0.15) is 5.69 Å². The Hall–Kier alpha value is -1.36. The Labute approximate surface area is 127 Å². The van der Waals surface area contributed by atoms with E-state index in [1.807, 2.05) is 13.8 Å². The average Bonchev–Trinajstić information content (AvgIpc) is 2.90. The number of carbonyl (C=O) groups is 1. The number of ether oxygens (including phenoxy) is 1. The highest BCUT2D eigenvalue weighted by molar-refractivity contribution is 6.03. The van der Waals surface area contributed by atoms with Gasteiger partial charge in [-0.15, -0.1) is 0 Å². The Morgan fingerprint density at radius 3 is 2.57 bits per heavy atom. The van der Waals surface area contributed by atoms with Crippen molar-refractivity contribution in [3.05, 3.63) is 11.9 Å². The van der Waals surface area contributed by atoms with Crippen LogP contribution in [0.4, 0.5) is 0 Å². The van der Waals surface area contributed by atoms with Gasteiger partial charge in [0, 0.05) is 6.54 Å². The van der Waals surface area contributed by atoms with Crippen molar-refractivity contribution >= 4 is 5.78 Å². The standard InChI is InChI=1S/C16H27N3O2/c1-5-9-19-14(13(21-4)12-17-19)15(20)16(2,3)18-10-7-6-8-11-18/h12H,5-11H2,1-4H3. The zero-order chi connectivity index (χ0) is 15.5. The average molecular weight is 293 g/mol. The molecule has 1 aromatic rings. The van der Waals surface area contributed by atoms with Crippen molar-refractivity contribution in [3.8, 4) is 5.75 Å². The van der Waals surface area contributed by atoms with E-state index in [-0.39, 0.29) is 5.78 Å². The summed E-state index contributed by atoms with van der Waals surface area (Å²) in [6, 6.07) is 0. The van der Waals surface area contributed by atoms with Gasteiger partial charge in [0.2, 0.25) is 5.78 Å². The Kier molecular flexibility index (Phi) is 5.04. The van der Waals surface area contributed by atoms with Crippen molar-refractivity contribution in [1.29, 1.82) is 0 Å². The maximum absolute atomic E-state index is 13.1. The molecule has 0 atom stereocenters. The van der Waals surface area contributed by atoms with Gasteiger partial charge in [-0.1, -0.05) is 13.3 Å². The third kappa shape index (κ3) is 3.12. The molecule has 1 aliphatic rings. The maximum atomic E-state index is 13.1. The SMILES string of the molecule is CCCn1ncc(OC)c1C(=O)C(C)(C)N1CCCCC1. The van der Waals surface area contributed by atoms with Gasteiger partial charge in [0.25, 0.3) is 0 Å². The second kappa shape index (κ2) is 6.60. The minimum atomic E-state index is -0.515. The van der Waals surface area contributed by atoms with Crippen LogP contribution in [0.1, 0.15) is 56.9 Å². The number of aryl methyl sites for hydroxylation is 1. The third-order valence-electron chi connectivity index (χ3n) is 4.38. The van der Waals surface area contributed by atoms with Crippen LogP contribution in [0.5, 0.6) is 5.75 Å². The predicted octanol–water partition coefficient (Wildman–Crippen LogP) is 2.75. The first kappa shape index (κ1) is 16.0. The minimum Gasteiger partial charge on any atom is -0.493 e.